The first kappa shape index (κ1) is 24.5. The van der Waals surface area contributed by atoms with Crippen molar-refractivity contribution in [1.29, 1.82) is 0 Å². The van der Waals surface area contributed by atoms with Gasteiger partial charge in [0.25, 0.3) is 5.91 Å². The van der Waals surface area contributed by atoms with Crippen LogP contribution < -0.4 is 10.1 Å². The molecule has 4 aromatic rings. The Kier molecular flexibility index (Phi) is 7.28. The topological polar surface area (TPSA) is 107 Å². The third kappa shape index (κ3) is 6.47. The van der Waals surface area contributed by atoms with E-state index in [1.54, 1.807) is 36.8 Å². The normalized spacial score (nSPS) is 11.1. The molecule has 4 rings (SSSR count). The van der Waals surface area contributed by atoms with Crippen LogP contribution in [-0.4, -0.2) is 38.0 Å². The van der Waals surface area contributed by atoms with Crippen molar-refractivity contribution in [2.45, 2.75) is 19.3 Å². The van der Waals surface area contributed by atoms with Gasteiger partial charge in [-0.15, -0.1) is 13.2 Å². The fraction of sp³-hybridized carbons (Fsp3) is 0.120. The Bertz CT molecular complexity index is 1350. The summed E-state index contributed by atoms with van der Waals surface area (Å²) in [4.78, 5) is 41.7. The Morgan fingerprint density at radius 1 is 0.861 bits per heavy atom. The number of nitrogens with zero attached hydrogens (tertiary/aromatic N) is 4. The molecule has 36 heavy (non-hydrogen) atoms. The van der Waals surface area contributed by atoms with Crippen LogP contribution in [0.2, 0.25) is 0 Å². The zero-order chi connectivity index (χ0) is 25.5. The summed E-state index contributed by atoms with van der Waals surface area (Å²) < 4.78 is 42.7. The summed E-state index contributed by atoms with van der Waals surface area (Å²) in [6.07, 6.45) is 4.06. The summed E-state index contributed by atoms with van der Waals surface area (Å²) in [6.45, 7) is -0.0799. The second kappa shape index (κ2) is 10.7. The quantitative estimate of drug-likeness (QED) is 0.367. The van der Waals surface area contributed by atoms with Gasteiger partial charge in [0, 0.05) is 53.4 Å². The van der Waals surface area contributed by atoms with Crippen molar-refractivity contribution in [3.05, 3.63) is 102 Å². The molecule has 0 bridgehead atoms. The van der Waals surface area contributed by atoms with E-state index in [-0.39, 0.29) is 18.5 Å². The van der Waals surface area contributed by atoms with Crippen LogP contribution in [0.1, 0.15) is 32.1 Å². The predicted octanol–water partition coefficient (Wildman–Crippen LogP) is 4.19. The Balaban J connectivity index is 1.52. The molecule has 0 atom stereocenters. The highest BCUT2D eigenvalue weighted by molar-refractivity contribution is 6.02. The summed E-state index contributed by atoms with van der Waals surface area (Å²) in [5.74, 6) is -2.03. The van der Waals surface area contributed by atoms with Crippen molar-refractivity contribution < 1.29 is 27.5 Å². The number of carbonyl (C=O) groups is 2. The zero-order valence-corrected chi connectivity index (χ0v) is 18.6. The SMILES string of the molecule is O=C(Cc1ccc(-c2cccnc2)cn1)c1ccc(OC(F)(F)F)c(C(=O)NCc2cnccn2)c1. The number of hydrogen-bond acceptors (Lipinski definition) is 7. The lowest BCUT2D eigenvalue weighted by Crippen LogP contribution is -2.26. The highest BCUT2D eigenvalue weighted by atomic mass is 19.4. The predicted molar refractivity (Wildman–Crippen MR) is 122 cm³/mol. The van der Waals surface area contributed by atoms with Gasteiger partial charge in [0.1, 0.15) is 5.75 Å². The van der Waals surface area contributed by atoms with Crippen molar-refractivity contribution in [3.63, 3.8) is 0 Å². The molecule has 182 valence electrons. The number of alkyl halides is 3. The molecule has 0 aliphatic rings. The van der Waals surface area contributed by atoms with Gasteiger partial charge in [-0.25, -0.2) is 0 Å². The highest BCUT2D eigenvalue weighted by Gasteiger charge is 2.33. The van der Waals surface area contributed by atoms with E-state index in [0.717, 1.165) is 23.3 Å². The molecule has 11 heteroatoms. The molecule has 0 unspecified atom stereocenters. The van der Waals surface area contributed by atoms with E-state index >= 15 is 0 Å². The van der Waals surface area contributed by atoms with Crippen LogP contribution in [0.15, 0.2) is 79.6 Å². The maximum Gasteiger partial charge on any atom is 0.573 e. The number of ether oxygens (including phenoxy) is 1. The fourth-order valence-electron chi connectivity index (χ4n) is 3.28. The number of rotatable bonds is 8. The fourth-order valence-corrected chi connectivity index (χ4v) is 3.28. The Hall–Kier alpha value is -4.67. The maximum absolute atomic E-state index is 12.9. The van der Waals surface area contributed by atoms with Crippen molar-refractivity contribution >= 4 is 11.7 Å². The summed E-state index contributed by atoms with van der Waals surface area (Å²) >= 11 is 0. The second-order valence-electron chi connectivity index (χ2n) is 7.52. The average molecular weight is 493 g/mol. The summed E-state index contributed by atoms with van der Waals surface area (Å²) in [7, 11) is 0. The summed E-state index contributed by atoms with van der Waals surface area (Å²) in [5.41, 5.74) is 2.12. The van der Waals surface area contributed by atoms with Gasteiger partial charge in [-0.3, -0.25) is 29.5 Å². The van der Waals surface area contributed by atoms with Crippen molar-refractivity contribution in [1.82, 2.24) is 25.3 Å². The summed E-state index contributed by atoms with van der Waals surface area (Å²) in [6, 6.07) is 10.3. The number of pyridine rings is 2. The van der Waals surface area contributed by atoms with Gasteiger partial charge in [-0.1, -0.05) is 12.1 Å². The maximum atomic E-state index is 12.9. The molecule has 0 saturated heterocycles. The zero-order valence-electron chi connectivity index (χ0n) is 18.6. The molecule has 1 N–H and O–H groups in total. The molecule has 0 spiro atoms. The molecule has 0 fully saturated rings. The second-order valence-corrected chi connectivity index (χ2v) is 7.52. The largest absolute Gasteiger partial charge is 0.573 e. The lowest BCUT2D eigenvalue weighted by molar-refractivity contribution is -0.274. The number of amides is 1. The van der Waals surface area contributed by atoms with E-state index in [0.29, 0.717) is 11.4 Å². The molecule has 1 amide bonds. The standard InChI is InChI=1S/C25H18F3N5O3/c26-25(27,28)36-23-6-4-16(10-21(23)24(35)33-15-20-14-30-8-9-31-20)22(34)11-19-5-3-18(13-32-19)17-2-1-7-29-12-17/h1-10,12-14H,11,15H2,(H,33,35). The number of benzene rings is 1. The number of carbonyl (C=O) groups excluding carboxylic acids is 2. The Morgan fingerprint density at radius 2 is 1.67 bits per heavy atom. The minimum absolute atomic E-state index is 0.0345. The van der Waals surface area contributed by atoms with E-state index < -0.39 is 29.4 Å². The molecule has 0 saturated carbocycles. The van der Waals surface area contributed by atoms with Gasteiger partial charge in [0.2, 0.25) is 0 Å². The van der Waals surface area contributed by atoms with Gasteiger partial charge in [0.05, 0.1) is 30.4 Å². The van der Waals surface area contributed by atoms with Crippen LogP contribution in [0, 0.1) is 0 Å². The molecule has 0 aliphatic heterocycles. The van der Waals surface area contributed by atoms with Crippen LogP contribution in [0.4, 0.5) is 13.2 Å². The first-order chi connectivity index (χ1) is 17.3. The molecule has 0 aliphatic carbocycles. The van der Waals surface area contributed by atoms with Crippen LogP contribution in [0.3, 0.4) is 0 Å². The van der Waals surface area contributed by atoms with Crippen LogP contribution in [0.5, 0.6) is 5.75 Å². The first-order valence-electron chi connectivity index (χ1n) is 10.6. The number of halogens is 3. The molecular weight excluding hydrogens is 475 g/mol. The number of Topliss-reactive ketones (excluding diaryl/α,β-unsaturated/α-hetero) is 1. The third-order valence-corrected chi connectivity index (χ3v) is 4.98. The molecule has 3 heterocycles. The lowest BCUT2D eigenvalue weighted by atomic mass is 10.0. The smallest absolute Gasteiger partial charge is 0.405 e. The van der Waals surface area contributed by atoms with Crippen molar-refractivity contribution in [2.75, 3.05) is 0 Å². The van der Waals surface area contributed by atoms with Crippen molar-refractivity contribution in [3.8, 4) is 16.9 Å². The van der Waals surface area contributed by atoms with Crippen LogP contribution >= 0.6 is 0 Å². The lowest BCUT2D eigenvalue weighted by Gasteiger charge is -2.14. The van der Waals surface area contributed by atoms with Crippen LogP contribution in [-0.2, 0) is 13.0 Å². The van der Waals surface area contributed by atoms with E-state index in [1.165, 1.54) is 24.7 Å². The minimum atomic E-state index is -5.02. The van der Waals surface area contributed by atoms with E-state index in [9.17, 15) is 22.8 Å². The molecule has 3 aromatic heterocycles. The monoisotopic (exact) mass is 493 g/mol. The van der Waals surface area contributed by atoms with Gasteiger partial charge in [-0.2, -0.15) is 0 Å². The van der Waals surface area contributed by atoms with Gasteiger partial charge >= 0.3 is 6.36 Å². The van der Waals surface area contributed by atoms with E-state index in [2.05, 4.69) is 30.0 Å². The number of hydrogen-bond donors (Lipinski definition) is 1. The Labute approximate surface area is 203 Å². The summed E-state index contributed by atoms with van der Waals surface area (Å²) in [5, 5.41) is 2.46. The van der Waals surface area contributed by atoms with Gasteiger partial charge in [0.15, 0.2) is 5.78 Å². The van der Waals surface area contributed by atoms with Crippen molar-refractivity contribution in [2.24, 2.45) is 0 Å². The van der Waals surface area contributed by atoms with E-state index in [1.807, 2.05) is 6.07 Å². The van der Waals surface area contributed by atoms with Crippen LogP contribution in [0.25, 0.3) is 11.1 Å². The number of ketones is 1. The molecule has 8 nitrogen and oxygen atoms in total. The molecule has 0 radical (unpaired) electrons. The van der Waals surface area contributed by atoms with Gasteiger partial charge < -0.3 is 10.1 Å². The van der Waals surface area contributed by atoms with E-state index in [4.69, 9.17) is 0 Å². The number of nitrogens with one attached hydrogen (secondary N) is 1. The molecule has 1 aromatic carbocycles. The number of aromatic nitrogens is 4. The van der Waals surface area contributed by atoms with Gasteiger partial charge in [-0.05, 0) is 30.3 Å². The Morgan fingerprint density at radius 3 is 2.33 bits per heavy atom. The minimum Gasteiger partial charge on any atom is -0.405 e. The first-order valence-corrected chi connectivity index (χ1v) is 10.6. The highest BCUT2D eigenvalue weighted by Crippen LogP contribution is 2.28. The molecular formula is C25H18F3N5O3. The average Bonchev–Trinajstić information content (AvgIpc) is 2.88. The third-order valence-electron chi connectivity index (χ3n) is 4.98.